The van der Waals surface area contributed by atoms with E-state index in [1.165, 1.54) is 0 Å². The van der Waals surface area contributed by atoms with Gasteiger partial charge in [0.25, 0.3) is 0 Å². The number of aliphatic hydroxyl groups excluding tert-OH is 1. The number of halogens is 1. The average molecular weight is 388 g/mol. The number of aliphatic hydroxyl groups is 1. The summed E-state index contributed by atoms with van der Waals surface area (Å²) in [5, 5.41) is 17.8. The van der Waals surface area contributed by atoms with Gasteiger partial charge in [-0.05, 0) is 49.2 Å². The first-order valence-corrected chi connectivity index (χ1v) is 9.67. The Hall–Kier alpha value is -2.31. The molecule has 0 amide bonds. The molecule has 3 N–H and O–H groups in total. The molecule has 2 aromatic rings. The zero-order chi connectivity index (χ0) is 19.1. The first-order chi connectivity index (χ1) is 13.2. The highest BCUT2D eigenvalue weighted by Gasteiger charge is 2.23. The lowest BCUT2D eigenvalue weighted by atomic mass is 10.1. The molecule has 0 spiro atoms. The average Bonchev–Trinajstić information content (AvgIpc) is 3.15. The Morgan fingerprint density at radius 3 is 2.93 bits per heavy atom. The van der Waals surface area contributed by atoms with Crippen molar-refractivity contribution in [3.05, 3.63) is 59.4 Å². The van der Waals surface area contributed by atoms with Crippen LogP contribution in [0.4, 0.5) is 5.69 Å². The fourth-order valence-electron chi connectivity index (χ4n) is 3.17. The van der Waals surface area contributed by atoms with E-state index in [1.54, 1.807) is 24.5 Å². The highest BCUT2D eigenvalue weighted by Crippen LogP contribution is 2.23. The van der Waals surface area contributed by atoms with E-state index >= 15 is 0 Å². The smallest absolute Gasteiger partial charge is 0.191 e. The summed E-state index contributed by atoms with van der Waals surface area (Å²) in [5.41, 5.74) is 1.96. The van der Waals surface area contributed by atoms with E-state index < -0.39 is 6.10 Å². The molecule has 27 heavy (non-hydrogen) atoms. The van der Waals surface area contributed by atoms with Crippen molar-refractivity contribution in [1.29, 1.82) is 0 Å². The molecular weight excluding hydrogens is 362 g/mol. The van der Waals surface area contributed by atoms with Crippen LogP contribution in [0, 0.1) is 0 Å². The fourth-order valence-corrected chi connectivity index (χ4v) is 3.35. The Balaban J connectivity index is 1.58. The minimum Gasteiger partial charge on any atom is -0.386 e. The van der Waals surface area contributed by atoms with Gasteiger partial charge in [0.1, 0.15) is 0 Å². The molecule has 1 fully saturated rings. The quantitative estimate of drug-likeness (QED) is 0.525. The maximum atomic E-state index is 10.3. The Kier molecular flexibility index (Phi) is 6.90. The number of aliphatic imine (C=N–C) groups is 1. The molecule has 6 nitrogen and oxygen atoms in total. The Bertz CT molecular complexity index is 755. The second-order valence-electron chi connectivity index (χ2n) is 6.57. The van der Waals surface area contributed by atoms with Gasteiger partial charge < -0.3 is 20.6 Å². The molecule has 2 atom stereocenters. The van der Waals surface area contributed by atoms with Crippen LogP contribution in [0.15, 0.2) is 53.8 Å². The molecular formula is C20H26ClN5O. The molecule has 3 rings (SSSR count). The fraction of sp³-hybridized carbons (Fsp3) is 0.400. The number of aromatic nitrogens is 1. The zero-order valence-corrected chi connectivity index (χ0v) is 16.2. The third kappa shape index (κ3) is 5.58. The summed E-state index contributed by atoms with van der Waals surface area (Å²) in [6.07, 6.45) is 3.72. The number of pyridine rings is 1. The van der Waals surface area contributed by atoms with Gasteiger partial charge in [-0.2, -0.15) is 0 Å². The Morgan fingerprint density at radius 2 is 2.19 bits per heavy atom. The standard InChI is InChI=1S/C20H26ClN5O/c1-2-23-20(24-13-19(27)15-6-9-22-10-7-15)25-17-8-11-26(14-17)18-5-3-4-16(21)12-18/h3-7,9-10,12,17,19,27H,2,8,11,13-14H2,1H3,(H2,23,24,25). The minimum atomic E-state index is -0.644. The Labute approximate surface area is 165 Å². The molecule has 1 saturated heterocycles. The largest absolute Gasteiger partial charge is 0.386 e. The summed E-state index contributed by atoms with van der Waals surface area (Å²) < 4.78 is 0. The van der Waals surface area contributed by atoms with Crippen LogP contribution in [0.25, 0.3) is 0 Å². The van der Waals surface area contributed by atoms with Gasteiger partial charge in [0.05, 0.1) is 12.6 Å². The van der Waals surface area contributed by atoms with Crippen LogP contribution in [-0.2, 0) is 0 Å². The first-order valence-electron chi connectivity index (χ1n) is 9.29. The molecule has 144 valence electrons. The third-order valence-corrected chi connectivity index (χ3v) is 4.79. The summed E-state index contributed by atoms with van der Waals surface area (Å²) in [5.74, 6) is 0.726. The second-order valence-corrected chi connectivity index (χ2v) is 7.01. The van der Waals surface area contributed by atoms with Crippen LogP contribution in [0.5, 0.6) is 0 Å². The van der Waals surface area contributed by atoms with Gasteiger partial charge >= 0.3 is 0 Å². The summed E-state index contributed by atoms with van der Waals surface area (Å²) in [6, 6.07) is 11.8. The van der Waals surface area contributed by atoms with Crippen LogP contribution < -0.4 is 15.5 Å². The monoisotopic (exact) mass is 387 g/mol. The predicted molar refractivity (Wildman–Crippen MR) is 110 cm³/mol. The van der Waals surface area contributed by atoms with E-state index in [4.69, 9.17) is 11.6 Å². The van der Waals surface area contributed by atoms with Crippen LogP contribution in [0.2, 0.25) is 5.02 Å². The molecule has 1 aliphatic heterocycles. The van der Waals surface area contributed by atoms with Crippen molar-refractivity contribution in [2.75, 3.05) is 31.1 Å². The summed E-state index contributed by atoms with van der Waals surface area (Å²) in [4.78, 5) is 10.8. The van der Waals surface area contributed by atoms with Gasteiger partial charge in [-0.1, -0.05) is 17.7 Å². The molecule has 1 aliphatic rings. The number of hydrogen-bond acceptors (Lipinski definition) is 4. The second kappa shape index (κ2) is 9.58. The Morgan fingerprint density at radius 1 is 1.37 bits per heavy atom. The van der Waals surface area contributed by atoms with E-state index in [-0.39, 0.29) is 0 Å². The number of nitrogens with zero attached hydrogens (tertiary/aromatic N) is 3. The highest BCUT2D eigenvalue weighted by atomic mass is 35.5. The van der Waals surface area contributed by atoms with Gasteiger partial charge in [0, 0.05) is 48.8 Å². The molecule has 0 saturated carbocycles. The summed E-state index contributed by atoms with van der Waals surface area (Å²) in [7, 11) is 0. The zero-order valence-electron chi connectivity index (χ0n) is 15.5. The third-order valence-electron chi connectivity index (χ3n) is 4.56. The number of benzene rings is 1. The normalized spacial score (nSPS) is 18.4. The topological polar surface area (TPSA) is 72.8 Å². The van der Waals surface area contributed by atoms with Crippen molar-refractivity contribution in [2.24, 2.45) is 4.99 Å². The maximum Gasteiger partial charge on any atom is 0.191 e. The van der Waals surface area contributed by atoms with Crippen molar-refractivity contribution in [2.45, 2.75) is 25.5 Å². The van der Waals surface area contributed by atoms with Gasteiger partial charge in [0.2, 0.25) is 0 Å². The first kappa shape index (κ1) is 19.5. The number of nitrogens with one attached hydrogen (secondary N) is 2. The highest BCUT2D eigenvalue weighted by molar-refractivity contribution is 6.30. The van der Waals surface area contributed by atoms with Crippen molar-refractivity contribution in [3.63, 3.8) is 0 Å². The van der Waals surface area contributed by atoms with E-state index in [2.05, 4.69) is 31.6 Å². The van der Waals surface area contributed by atoms with E-state index in [0.29, 0.717) is 12.6 Å². The van der Waals surface area contributed by atoms with Gasteiger partial charge in [0.15, 0.2) is 5.96 Å². The van der Waals surface area contributed by atoms with E-state index in [0.717, 1.165) is 48.3 Å². The molecule has 0 radical (unpaired) electrons. The van der Waals surface area contributed by atoms with Gasteiger partial charge in [-0.3, -0.25) is 9.98 Å². The molecule has 1 aromatic heterocycles. The number of anilines is 1. The van der Waals surface area contributed by atoms with Crippen molar-refractivity contribution >= 4 is 23.2 Å². The molecule has 0 aliphatic carbocycles. The van der Waals surface area contributed by atoms with Crippen LogP contribution in [-0.4, -0.2) is 48.3 Å². The van der Waals surface area contributed by atoms with Crippen molar-refractivity contribution in [3.8, 4) is 0 Å². The summed E-state index contributed by atoms with van der Waals surface area (Å²) >= 11 is 6.11. The van der Waals surface area contributed by atoms with Crippen molar-refractivity contribution in [1.82, 2.24) is 15.6 Å². The van der Waals surface area contributed by atoms with Gasteiger partial charge in [-0.25, -0.2) is 0 Å². The SMILES string of the molecule is CCNC(=NCC(O)c1ccncc1)NC1CCN(c2cccc(Cl)c2)C1. The number of hydrogen-bond donors (Lipinski definition) is 3. The number of guanidine groups is 1. The maximum absolute atomic E-state index is 10.3. The molecule has 7 heteroatoms. The predicted octanol–water partition coefficient (Wildman–Crippen LogP) is 2.60. The lowest BCUT2D eigenvalue weighted by Crippen LogP contribution is -2.44. The van der Waals surface area contributed by atoms with Crippen LogP contribution in [0.3, 0.4) is 0 Å². The molecule has 1 aromatic carbocycles. The van der Waals surface area contributed by atoms with Gasteiger partial charge in [-0.15, -0.1) is 0 Å². The molecule has 2 heterocycles. The molecule has 2 unspecified atom stereocenters. The van der Waals surface area contributed by atoms with E-state index in [9.17, 15) is 5.11 Å². The summed E-state index contributed by atoms with van der Waals surface area (Å²) in [6.45, 7) is 4.95. The number of rotatable bonds is 6. The van der Waals surface area contributed by atoms with Crippen LogP contribution in [0.1, 0.15) is 25.0 Å². The van der Waals surface area contributed by atoms with E-state index in [1.807, 2.05) is 25.1 Å². The lowest BCUT2D eigenvalue weighted by molar-refractivity contribution is 0.187. The lowest BCUT2D eigenvalue weighted by Gasteiger charge is -2.21. The van der Waals surface area contributed by atoms with Crippen molar-refractivity contribution < 1.29 is 5.11 Å². The minimum absolute atomic E-state index is 0.292. The molecule has 0 bridgehead atoms. The van der Waals surface area contributed by atoms with Crippen LogP contribution >= 0.6 is 11.6 Å².